The maximum Gasteiger partial charge on any atom is 0.307 e. The summed E-state index contributed by atoms with van der Waals surface area (Å²) >= 11 is 0. The number of fused-ring (bicyclic) bond motifs is 1. The third kappa shape index (κ3) is 2.42. The molecule has 1 aromatic heterocycles. The lowest BCUT2D eigenvalue weighted by atomic mass is 10.2. The van der Waals surface area contributed by atoms with Gasteiger partial charge in [0.1, 0.15) is 6.20 Å². The van der Waals surface area contributed by atoms with Gasteiger partial charge in [-0.3, -0.25) is 4.79 Å². The molecule has 1 N–H and O–H groups in total. The Morgan fingerprint density at radius 1 is 0.947 bits per heavy atom. The fourth-order valence-corrected chi connectivity index (χ4v) is 1.85. The van der Waals surface area contributed by atoms with Crippen LogP contribution in [-0.2, 0) is 0 Å². The third-order valence-corrected chi connectivity index (χ3v) is 2.83. The lowest BCUT2D eigenvalue weighted by molar-refractivity contribution is -0.701. The minimum Gasteiger partial charge on any atom is -0.263 e. The van der Waals surface area contributed by atoms with E-state index >= 15 is 0 Å². The highest BCUT2D eigenvalue weighted by atomic mass is 16.2. The standard InChI is InChI=1S/C15H11N3O/c19-15(12-6-2-1-3-7-12)17-18-11-14-9-5-4-8-13(14)10-16-18/h1-11H/p+1. The monoisotopic (exact) mass is 250 g/mol. The molecule has 3 rings (SSSR count). The fourth-order valence-electron chi connectivity index (χ4n) is 1.85. The first-order chi connectivity index (χ1) is 9.33. The van der Waals surface area contributed by atoms with Gasteiger partial charge in [0, 0.05) is 20.8 Å². The molecule has 0 saturated carbocycles. The molecule has 0 unspecified atom stereocenters. The van der Waals surface area contributed by atoms with Crippen molar-refractivity contribution in [2.24, 2.45) is 0 Å². The zero-order valence-electron chi connectivity index (χ0n) is 10.2. The Hall–Kier alpha value is -2.75. The van der Waals surface area contributed by atoms with E-state index < -0.39 is 0 Å². The van der Waals surface area contributed by atoms with Crippen molar-refractivity contribution in [3.63, 3.8) is 0 Å². The molecule has 2 aromatic carbocycles. The van der Waals surface area contributed by atoms with E-state index in [1.54, 1.807) is 24.5 Å². The third-order valence-electron chi connectivity index (χ3n) is 2.83. The second-order valence-corrected chi connectivity index (χ2v) is 4.15. The molecule has 1 amide bonds. The molecule has 0 saturated heterocycles. The van der Waals surface area contributed by atoms with Crippen molar-refractivity contribution < 1.29 is 9.59 Å². The van der Waals surface area contributed by atoms with Crippen LogP contribution >= 0.6 is 0 Å². The zero-order valence-corrected chi connectivity index (χ0v) is 10.2. The second kappa shape index (κ2) is 4.86. The Labute approximate surface area is 110 Å². The fraction of sp³-hybridized carbons (Fsp3) is 0. The highest BCUT2D eigenvalue weighted by Gasteiger charge is 2.11. The Kier molecular flexibility index (Phi) is 2.90. The number of benzene rings is 2. The number of hydrogen-bond donors (Lipinski definition) is 1. The molecule has 0 spiro atoms. The van der Waals surface area contributed by atoms with Gasteiger partial charge in [-0.2, -0.15) is 0 Å². The lowest BCUT2D eigenvalue weighted by Gasteiger charge is -1.98. The molecule has 0 radical (unpaired) electrons. The summed E-state index contributed by atoms with van der Waals surface area (Å²) in [6.45, 7) is 0. The van der Waals surface area contributed by atoms with Crippen LogP contribution in [0, 0.1) is 0 Å². The van der Waals surface area contributed by atoms with Crippen LogP contribution in [0.3, 0.4) is 0 Å². The van der Waals surface area contributed by atoms with Crippen molar-refractivity contribution in [1.29, 1.82) is 0 Å². The smallest absolute Gasteiger partial charge is 0.263 e. The van der Waals surface area contributed by atoms with Crippen LogP contribution in [0.15, 0.2) is 67.0 Å². The SMILES string of the molecule is O=C(N[n+]1cc2ccccc2cn1)c1ccccc1. The molecular formula is C15H12N3O+. The molecule has 0 aliphatic heterocycles. The van der Waals surface area contributed by atoms with Crippen LogP contribution in [0.4, 0.5) is 0 Å². The summed E-state index contributed by atoms with van der Waals surface area (Å²) in [6, 6.07) is 16.9. The topological polar surface area (TPSA) is 45.9 Å². The van der Waals surface area contributed by atoms with Crippen LogP contribution in [0.5, 0.6) is 0 Å². The summed E-state index contributed by atoms with van der Waals surface area (Å²) in [7, 11) is 0. The second-order valence-electron chi connectivity index (χ2n) is 4.15. The molecule has 0 atom stereocenters. The van der Waals surface area contributed by atoms with Crippen molar-refractivity contribution >= 4 is 16.7 Å². The summed E-state index contributed by atoms with van der Waals surface area (Å²) < 4.78 is 0. The van der Waals surface area contributed by atoms with Crippen molar-refractivity contribution in [3.05, 3.63) is 72.6 Å². The van der Waals surface area contributed by atoms with E-state index in [2.05, 4.69) is 10.5 Å². The minimum absolute atomic E-state index is 0.187. The number of nitrogens with one attached hydrogen (secondary N) is 1. The molecule has 0 fully saturated rings. The first kappa shape index (κ1) is 11.3. The van der Waals surface area contributed by atoms with Crippen molar-refractivity contribution in [1.82, 2.24) is 5.10 Å². The van der Waals surface area contributed by atoms with E-state index in [4.69, 9.17) is 0 Å². The first-order valence-electron chi connectivity index (χ1n) is 5.96. The van der Waals surface area contributed by atoms with E-state index in [1.807, 2.05) is 42.5 Å². The quantitative estimate of drug-likeness (QED) is 0.706. The number of rotatable bonds is 2. The van der Waals surface area contributed by atoms with Gasteiger partial charge in [0.2, 0.25) is 6.20 Å². The van der Waals surface area contributed by atoms with Crippen LogP contribution < -0.4 is 10.2 Å². The zero-order chi connectivity index (χ0) is 13.1. The molecule has 1 heterocycles. The molecule has 4 heteroatoms. The van der Waals surface area contributed by atoms with Crippen molar-refractivity contribution in [2.75, 3.05) is 5.43 Å². The van der Waals surface area contributed by atoms with Gasteiger partial charge in [0.05, 0.1) is 5.39 Å². The van der Waals surface area contributed by atoms with Gasteiger partial charge in [0.15, 0.2) is 0 Å². The molecule has 3 aromatic rings. The van der Waals surface area contributed by atoms with E-state index in [0.29, 0.717) is 5.56 Å². The molecule has 19 heavy (non-hydrogen) atoms. The summed E-state index contributed by atoms with van der Waals surface area (Å²) in [5.74, 6) is -0.187. The first-order valence-corrected chi connectivity index (χ1v) is 5.96. The van der Waals surface area contributed by atoms with Gasteiger partial charge in [-0.1, -0.05) is 41.8 Å². The number of carbonyl (C=O) groups excluding carboxylic acids is 1. The van der Waals surface area contributed by atoms with Gasteiger partial charge >= 0.3 is 5.91 Å². The molecule has 4 nitrogen and oxygen atoms in total. The number of amides is 1. The number of nitrogens with zero attached hydrogens (tertiary/aromatic N) is 2. The molecule has 0 aliphatic carbocycles. The van der Waals surface area contributed by atoms with Gasteiger partial charge in [0.25, 0.3) is 0 Å². The average Bonchev–Trinajstić information content (AvgIpc) is 2.48. The Morgan fingerprint density at radius 2 is 1.63 bits per heavy atom. The minimum atomic E-state index is -0.187. The van der Waals surface area contributed by atoms with Crippen molar-refractivity contribution in [3.8, 4) is 0 Å². The van der Waals surface area contributed by atoms with E-state index in [-0.39, 0.29) is 5.91 Å². The van der Waals surface area contributed by atoms with Gasteiger partial charge < -0.3 is 0 Å². The summed E-state index contributed by atoms with van der Waals surface area (Å²) in [6.07, 6.45) is 3.51. The molecule has 0 bridgehead atoms. The van der Waals surface area contributed by atoms with Crippen LogP contribution in [0.2, 0.25) is 0 Å². The average molecular weight is 250 g/mol. The normalized spacial score (nSPS) is 10.3. The summed E-state index contributed by atoms with van der Waals surface area (Å²) in [5, 5.41) is 6.21. The van der Waals surface area contributed by atoms with Gasteiger partial charge in [-0.25, -0.2) is 0 Å². The summed E-state index contributed by atoms with van der Waals surface area (Å²) in [4.78, 5) is 13.4. The Balaban J connectivity index is 1.87. The van der Waals surface area contributed by atoms with Crippen LogP contribution in [-0.4, -0.2) is 11.0 Å². The number of carbonyl (C=O) groups is 1. The number of aromatic nitrogens is 2. The largest absolute Gasteiger partial charge is 0.307 e. The molecule has 0 aliphatic rings. The molecule has 92 valence electrons. The van der Waals surface area contributed by atoms with E-state index in [0.717, 1.165) is 10.8 Å². The van der Waals surface area contributed by atoms with Gasteiger partial charge in [-0.15, -0.1) is 0 Å². The summed E-state index contributed by atoms with van der Waals surface area (Å²) in [5.41, 5.74) is 3.32. The maximum atomic E-state index is 12.0. The predicted molar refractivity (Wildman–Crippen MR) is 72.1 cm³/mol. The Morgan fingerprint density at radius 3 is 2.42 bits per heavy atom. The molecular weight excluding hydrogens is 238 g/mol. The van der Waals surface area contributed by atoms with Crippen molar-refractivity contribution in [2.45, 2.75) is 0 Å². The van der Waals surface area contributed by atoms with Crippen LogP contribution in [0.25, 0.3) is 10.8 Å². The number of hydrogen-bond acceptors (Lipinski definition) is 2. The predicted octanol–water partition coefficient (Wildman–Crippen LogP) is 1.91. The highest BCUT2D eigenvalue weighted by Crippen LogP contribution is 2.08. The van der Waals surface area contributed by atoms with Gasteiger partial charge in [-0.05, 0) is 18.2 Å². The van der Waals surface area contributed by atoms with E-state index in [1.165, 1.54) is 4.79 Å². The highest BCUT2D eigenvalue weighted by molar-refractivity contribution is 5.98. The maximum absolute atomic E-state index is 12.0. The lowest BCUT2D eigenvalue weighted by Crippen LogP contribution is -2.50. The Bertz CT molecular complexity index is 726. The van der Waals surface area contributed by atoms with Crippen LogP contribution in [0.1, 0.15) is 10.4 Å². The van der Waals surface area contributed by atoms with E-state index in [9.17, 15) is 4.79 Å².